The molecular weight excluding hydrogens is 436 g/mol. The zero-order chi connectivity index (χ0) is 25.0. The number of amides is 1. The molecule has 0 bridgehead atoms. The molecule has 4 aliphatic carbocycles. The quantitative estimate of drug-likeness (QED) is 0.500. The van der Waals surface area contributed by atoms with E-state index >= 15 is 0 Å². The Labute approximate surface area is 211 Å². The Hall–Kier alpha value is -1.46. The average Bonchev–Trinajstić information content (AvgIpc) is 3.17. The van der Waals surface area contributed by atoms with Crippen LogP contribution < -0.4 is 5.32 Å². The molecule has 0 spiro atoms. The van der Waals surface area contributed by atoms with Crippen LogP contribution in [0.15, 0.2) is 18.2 Å². The van der Waals surface area contributed by atoms with Gasteiger partial charge in [0.1, 0.15) is 5.82 Å². The monoisotopic (exact) mass is 482 g/mol. The van der Waals surface area contributed by atoms with Gasteiger partial charge in [-0.25, -0.2) is 4.98 Å². The summed E-state index contributed by atoms with van der Waals surface area (Å²) in [4.78, 5) is 17.0. The lowest BCUT2D eigenvalue weighted by atomic mass is 9.43. The van der Waals surface area contributed by atoms with Gasteiger partial charge in [-0.3, -0.25) is 4.79 Å². The number of hydrogen-bond donors (Lipinski definition) is 3. The summed E-state index contributed by atoms with van der Waals surface area (Å²) < 4.78 is 0. The van der Waals surface area contributed by atoms with Crippen LogP contribution >= 0.6 is 0 Å². The Kier molecular flexibility index (Phi) is 6.80. The van der Waals surface area contributed by atoms with Crippen molar-refractivity contribution in [2.75, 3.05) is 5.32 Å². The van der Waals surface area contributed by atoms with Crippen LogP contribution in [0.1, 0.15) is 90.7 Å². The van der Waals surface area contributed by atoms with Gasteiger partial charge < -0.3 is 15.5 Å². The lowest BCUT2D eigenvalue weighted by Gasteiger charge is -2.62. The number of nitrogens with one attached hydrogen (secondary N) is 1. The summed E-state index contributed by atoms with van der Waals surface area (Å²) in [6.07, 6.45) is 9.75. The number of aliphatic hydroxyl groups excluding tert-OH is 2. The zero-order valence-corrected chi connectivity index (χ0v) is 22.2. The molecule has 35 heavy (non-hydrogen) atoms. The second kappa shape index (κ2) is 9.45. The van der Waals surface area contributed by atoms with Crippen LogP contribution in [0.5, 0.6) is 0 Å². The number of anilines is 1. The van der Waals surface area contributed by atoms with Gasteiger partial charge in [0.25, 0.3) is 0 Å². The first-order chi connectivity index (χ1) is 16.6. The molecular formula is C30H46N2O3. The van der Waals surface area contributed by atoms with E-state index in [0.717, 1.165) is 37.8 Å². The molecule has 0 aromatic carbocycles. The van der Waals surface area contributed by atoms with Gasteiger partial charge in [0.15, 0.2) is 0 Å². The molecule has 4 aliphatic rings. The summed E-state index contributed by atoms with van der Waals surface area (Å²) in [5, 5.41) is 25.0. The molecule has 0 unspecified atom stereocenters. The summed E-state index contributed by atoms with van der Waals surface area (Å²) in [6.45, 7) is 9.09. The van der Waals surface area contributed by atoms with Crippen LogP contribution in [0, 0.1) is 53.3 Å². The Bertz CT molecular complexity index is 936. The van der Waals surface area contributed by atoms with E-state index in [4.69, 9.17) is 0 Å². The van der Waals surface area contributed by atoms with Crippen LogP contribution in [-0.4, -0.2) is 33.3 Å². The normalized spacial score (nSPS) is 43.5. The standard InChI is InChI=1S/C30H46N2O3/c1-18(8-13-28(35)32-27-7-5-6-19(2)31-27)23-11-12-24-22-10-9-20-16-21(33)14-15-29(20,3)25(22)17-26(34)30(23,24)4/h5-7,18,20-26,33-34H,8-17H2,1-4H3,(H,31,32,35)/t18-,20+,21-,22+,23+,24-,25-,26+,29+,30-/m1/s1. The van der Waals surface area contributed by atoms with Crippen LogP contribution in [0.4, 0.5) is 5.82 Å². The first kappa shape index (κ1) is 25.2. The fourth-order valence-electron chi connectivity index (χ4n) is 9.54. The van der Waals surface area contributed by atoms with Crippen molar-refractivity contribution in [1.29, 1.82) is 0 Å². The minimum Gasteiger partial charge on any atom is -0.393 e. The number of pyridine rings is 1. The molecule has 1 amide bonds. The molecule has 1 aromatic heterocycles. The second-order valence-electron chi connectivity index (χ2n) is 13.1. The number of aliphatic hydroxyl groups is 2. The lowest BCUT2D eigenvalue weighted by molar-refractivity contribution is -0.174. The summed E-state index contributed by atoms with van der Waals surface area (Å²) in [6, 6.07) is 5.69. The predicted octanol–water partition coefficient (Wildman–Crippen LogP) is 5.74. The van der Waals surface area contributed by atoms with Crippen molar-refractivity contribution < 1.29 is 15.0 Å². The maximum Gasteiger partial charge on any atom is 0.225 e. The van der Waals surface area contributed by atoms with Gasteiger partial charge in [-0.1, -0.05) is 26.8 Å². The fourth-order valence-corrected chi connectivity index (χ4v) is 9.54. The Morgan fingerprint density at radius 2 is 1.91 bits per heavy atom. The highest BCUT2D eigenvalue weighted by Crippen LogP contribution is 2.68. The van der Waals surface area contributed by atoms with E-state index in [9.17, 15) is 15.0 Å². The molecule has 10 atom stereocenters. The Balaban J connectivity index is 1.25. The van der Waals surface area contributed by atoms with E-state index in [1.165, 1.54) is 25.7 Å². The smallest absolute Gasteiger partial charge is 0.225 e. The molecule has 1 aromatic rings. The molecule has 4 saturated carbocycles. The third-order valence-corrected chi connectivity index (χ3v) is 11.5. The number of carbonyl (C=O) groups is 1. The highest BCUT2D eigenvalue weighted by Gasteiger charge is 2.63. The Morgan fingerprint density at radius 3 is 2.69 bits per heavy atom. The van der Waals surface area contributed by atoms with Crippen molar-refractivity contribution in [1.82, 2.24) is 4.98 Å². The summed E-state index contributed by atoms with van der Waals surface area (Å²) in [5.74, 6) is 4.01. The largest absolute Gasteiger partial charge is 0.393 e. The molecule has 0 saturated heterocycles. The van der Waals surface area contributed by atoms with Gasteiger partial charge in [0.2, 0.25) is 5.91 Å². The maximum absolute atomic E-state index is 12.6. The van der Waals surface area contributed by atoms with Gasteiger partial charge in [0.05, 0.1) is 12.2 Å². The first-order valence-electron chi connectivity index (χ1n) is 14.2. The SMILES string of the molecule is Cc1cccc(NC(=O)CC[C@@H](C)[C@@H]2CC[C@@H]3[C@@H]4CC[C@H]5C[C@H](O)CC[C@]5(C)[C@@H]4C[C@H](O)[C@@]32C)n1. The van der Waals surface area contributed by atoms with Crippen molar-refractivity contribution in [2.24, 2.45) is 46.3 Å². The van der Waals surface area contributed by atoms with Gasteiger partial charge in [-0.05, 0) is 123 Å². The van der Waals surface area contributed by atoms with Gasteiger partial charge in [-0.2, -0.15) is 0 Å². The third-order valence-electron chi connectivity index (χ3n) is 11.5. The van der Waals surface area contributed by atoms with E-state index in [1.54, 1.807) is 0 Å². The van der Waals surface area contributed by atoms with Crippen molar-refractivity contribution in [3.8, 4) is 0 Å². The number of hydrogen-bond acceptors (Lipinski definition) is 4. The van der Waals surface area contributed by atoms with Gasteiger partial charge in [0, 0.05) is 12.1 Å². The number of nitrogens with zero attached hydrogens (tertiary/aromatic N) is 1. The van der Waals surface area contributed by atoms with E-state index in [2.05, 4.69) is 31.1 Å². The third kappa shape index (κ3) is 4.35. The number of rotatable bonds is 5. The fraction of sp³-hybridized carbons (Fsp3) is 0.800. The van der Waals surface area contributed by atoms with Gasteiger partial charge in [-0.15, -0.1) is 0 Å². The minimum absolute atomic E-state index is 0.0321. The molecule has 3 N–H and O–H groups in total. The van der Waals surface area contributed by atoms with Crippen molar-refractivity contribution in [2.45, 2.75) is 104 Å². The second-order valence-corrected chi connectivity index (χ2v) is 13.1. The molecule has 1 heterocycles. The zero-order valence-electron chi connectivity index (χ0n) is 22.2. The van der Waals surface area contributed by atoms with Crippen molar-refractivity contribution in [3.05, 3.63) is 23.9 Å². The average molecular weight is 483 g/mol. The van der Waals surface area contributed by atoms with E-state index < -0.39 is 0 Å². The molecule has 0 aliphatic heterocycles. The number of aryl methyl sites for hydroxylation is 1. The summed E-state index contributed by atoms with van der Waals surface area (Å²) >= 11 is 0. The van der Waals surface area contributed by atoms with Crippen LogP contribution in [-0.2, 0) is 4.79 Å². The van der Waals surface area contributed by atoms with Crippen LogP contribution in [0.25, 0.3) is 0 Å². The number of aromatic nitrogens is 1. The molecule has 194 valence electrons. The predicted molar refractivity (Wildman–Crippen MR) is 139 cm³/mol. The molecule has 0 radical (unpaired) electrons. The molecule has 5 nitrogen and oxygen atoms in total. The molecule has 5 rings (SSSR count). The minimum atomic E-state index is -0.267. The molecule has 5 heteroatoms. The van der Waals surface area contributed by atoms with Crippen LogP contribution in [0.3, 0.4) is 0 Å². The lowest BCUT2D eigenvalue weighted by Crippen LogP contribution is -2.58. The first-order valence-corrected chi connectivity index (χ1v) is 14.2. The number of carbonyl (C=O) groups excluding carboxylic acids is 1. The maximum atomic E-state index is 12.6. The van der Waals surface area contributed by atoms with E-state index in [1.807, 2.05) is 25.1 Å². The van der Waals surface area contributed by atoms with E-state index in [-0.39, 0.29) is 28.9 Å². The van der Waals surface area contributed by atoms with Gasteiger partial charge >= 0.3 is 0 Å². The molecule has 4 fully saturated rings. The number of fused-ring (bicyclic) bond motifs is 5. The summed E-state index contributed by atoms with van der Waals surface area (Å²) in [7, 11) is 0. The highest BCUT2D eigenvalue weighted by atomic mass is 16.3. The van der Waals surface area contributed by atoms with Crippen molar-refractivity contribution in [3.63, 3.8) is 0 Å². The van der Waals surface area contributed by atoms with Crippen LogP contribution in [0.2, 0.25) is 0 Å². The Morgan fingerprint density at radius 1 is 1.11 bits per heavy atom. The van der Waals surface area contributed by atoms with E-state index in [0.29, 0.717) is 47.7 Å². The van der Waals surface area contributed by atoms with Crippen molar-refractivity contribution >= 4 is 11.7 Å². The summed E-state index contributed by atoms with van der Waals surface area (Å²) in [5.41, 5.74) is 1.13. The topological polar surface area (TPSA) is 82.5 Å². The highest BCUT2D eigenvalue weighted by molar-refractivity contribution is 5.89.